The van der Waals surface area contributed by atoms with Crippen molar-refractivity contribution < 1.29 is 14.7 Å². The van der Waals surface area contributed by atoms with Crippen molar-refractivity contribution >= 4 is 50.7 Å². The van der Waals surface area contributed by atoms with Gasteiger partial charge in [-0.05, 0) is 54.6 Å². The topological polar surface area (TPSA) is 79.3 Å². The summed E-state index contributed by atoms with van der Waals surface area (Å²) in [6.07, 6.45) is 0. The largest absolute Gasteiger partial charge is 0.478 e. The third-order valence-corrected chi connectivity index (χ3v) is 5.45. The standard InChI is InChI=1S/C21H13ClN2O3S/c22-15-6-1-12(2-7-15)20-24-17-10-5-14(11-18(17)28-20)19(25)23-16-8-3-13(4-9-16)21(26)27/h1-11H,(H,23,25)(H,26,27). The Kier molecular flexibility index (Phi) is 4.81. The number of hydrogen-bond donors (Lipinski definition) is 2. The van der Waals surface area contributed by atoms with Gasteiger partial charge in [0.2, 0.25) is 0 Å². The molecule has 0 saturated carbocycles. The van der Waals surface area contributed by atoms with E-state index in [-0.39, 0.29) is 11.5 Å². The maximum absolute atomic E-state index is 12.5. The molecule has 2 N–H and O–H groups in total. The van der Waals surface area contributed by atoms with E-state index in [0.717, 1.165) is 20.8 Å². The van der Waals surface area contributed by atoms with Gasteiger partial charge in [0, 0.05) is 21.8 Å². The second kappa shape index (κ2) is 7.42. The predicted octanol–water partition coefficient (Wildman–Crippen LogP) is 5.57. The number of carbonyl (C=O) groups is 2. The lowest BCUT2D eigenvalue weighted by Crippen LogP contribution is -2.11. The van der Waals surface area contributed by atoms with Gasteiger partial charge in [-0.25, -0.2) is 9.78 Å². The van der Waals surface area contributed by atoms with Gasteiger partial charge in [-0.1, -0.05) is 23.7 Å². The fourth-order valence-electron chi connectivity index (χ4n) is 2.68. The molecule has 5 nitrogen and oxygen atoms in total. The average molecular weight is 409 g/mol. The molecule has 4 aromatic rings. The van der Waals surface area contributed by atoms with Gasteiger partial charge in [-0.15, -0.1) is 11.3 Å². The fourth-order valence-corrected chi connectivity index (χ4v) is 3.82. The summed E-state index contributed by atoms with van der Waals surface area (Å²) in [6, 6.07) is 18.8. The number of amides is 1. The van der Waals surface area contributed by atoms with E-state index in [9.17, 15) is 9.59 Å². The molecular weight excluding hydrogens is 396 g/mol. The van der Waals surface area contributed by atoms with Crippen molar-refractivity contribution in [2.45, 2.75) is 0 Å². The lowest BCUT2D eigenvalue weighted by molar-refractivity contribution is 0.0696. The van der Waals surface area contributed by atoms with Crippen molar-refractivity contribution in [3.63, 3.8) is 0 Å². The Morgan fingerprint density at radius 3 is 2.29 bits per heavy atom. The molecule has 138 valence electrons. The van der Waals surface area contributed by atoms with E-state index >= 15 is 0 Å². The van der Waals surface area contributed by atoms with Crippen molar-refractivity contribution in [3.05, 3.63) is 82.9 Å². The molecule has 0 unspecified atom stereocenters. The number of benzene rings is 3. The Balaban J connectivity index is 1.57. The fraction of sp³-hybridized carbons (Fsp3) is 0. The number of aromatic nitrogens is 1. The number of carboxylic acids is 1. The van der Waals surface area contributed by atoms with Gasteiger partial charge in [-0.3, -0.25) is 4.79 Å². The van der Waals surface area contributed by atoms with Crippen LogP contribution in [0.3, 0.4) is 0 Å². The summed E-state index contributed by atoms with van der Waals surface area (Å²) < 4.78 is 0.902. The number of fused-ring (bicyclic) bond motifs is 1. The normalized spacial score (nSPS) is 10.8. The minimum Gasteiger partial charge on any atom is -0.478 e. The molecule has 0 radical (unpaired) electrons. The quantitative estimate of drug-likeness (QED) is 0.462. The van der Waals surface area contributed by atoms with Gasteiger partial charge in [0.25, 0.3) is 5.91 Å². The van der Waals surface area contributed by atoms with Crippen LogP contribution in [0.25, 0.3) is 20.8 Å². The van der Waals surface area contributed by atoms with E-state index in [1.54, 1.807) is 24.3 Å². The minimum absolute atomic E-state index is 0.166. The van der Waals surface area contributed by atoms with Crippen molar-refractivity contribution in [1.82, 2.24) is 4.98 Å². The number of aromatic carboxylic acids is 1. The Bertz CT molecular complexity index is 1180. The molecule has 28 heavy (non-hydrogen) atoms. The molecule has 0 aliphatic carbocycles. The lowest BCUT2D eigenvalue weighted by Gasteiger charge is -2.05. The molecule has 3 aromatic carbocycles. The summed E-state index contributed by atoms with van der Waals surface area (Å²) in [5, 5.41) is 13.2. The van der Waals surface area contributed by atoms with Crippen molar-refractivity contribution in [3.8, 4) is 10.6 Å². The number of nitrogens with zero attached hydrogens (tertiary/aromatic N) is 1. The number of nitrogens with one attached hydrogen (secondary N) is 1. The predicted molar refractivity (Wildman–Crippen MR) is 111 cm³/mol. The molecule has 0 atom stereocenters. The molecule has 7 heteroatoms. The smallest absolute Gasteiger partial charge is 0.335 e. The SMILES string of the molecule is O=C(O)c1ccc(NC(=O)c2ccc3nc(-c4ccc(Cl)cc4)sc3c2)cc1. The molecule has 0 aliphatic heterocycles. The first-order chi connectivity index (χ1) is 13.5. The Morgan fingerprint density at radius 1 is 0.929 bits per heavy atom. The van der Waals surface area contributed by atoms with Crippen molar-refractivity contribution in [1.29, 1.82) is 0 Å². The molecule has 0 bridgehead atoms. The van der Waals surface area contributed by atoms with Crippen molar-refractivity contribution in [2.24, 2.45) is 0 Å². The Morgan fingerprint density at radius 2 is 1.61 bits per heavy atom. The van der Waals surface area contributed by atoms with Crippen molar-refractivity contribution in [2.75, 3.05) is 5.32 Å². The van der Waals surface area contributed by atoms with Crippen LogP contribution in [-0.4, -0.2) is 22.0 Å². The number of carbonyl (C=O) groups excluding carboxylic acids is 1. The first kappa shape index (κ1) is 18.2. The maximum Gasteiger partial charge on any atom is 0.335 e. The van der Waals surface area contributed by atoms with Crippen LogP contribution in [-0.2, 0) is 0 Å². The van der Waals surface area contributed by atoms with Gasteiger partial charge in [0.1, 0.15) is 5.01 Å². The average Bonchev–Trinajstić information content (AvgIpc) is 3.12. The third-order valence-electron chi connectivity index (χ3n) is 4.13. The van der Waals surface area contributed by atoms with Crippen LogP contribution < -0.4 is 5.32 Å². The van der Waals surface area contributed by atoms with Gasteiger partial charge in [0.05, 0.1) is 15.8 Å². The number of hydrogen-bond acceptors (Lipinski definition) is 4. The van der Waals surface area contributed by atoms with Crippen LogP contribution in [0, 0.1) is 0 Å². The highest BCUT2D eigenvalue weighted by Gasteiger charge is 2.11. The molecule has 0 spiro atoms. The van der Waals surface area contributed by atoms with Crippen LogP contribution >= 0.6 is 22.9 Å². The second-order valence-corrected chi connectivity index (χ2v) is 7.51. The molecule has 0 fully saturated rings. The third kappa shape index (κ3) is 3.74. The van der Waals surface area contributed by atoms with E-state index in [4.69, 9.17) is 16.7 Å². The molecule has 1 amide bonds. The van der Waals surface area contributed by atoms with Crippen LogP contribution in [0.15, 0.2) is 66.7 Å². The van der Waals surface area contributed by atoms with E-state index in [0.29, 0.717) is 16.3 Å². The summed E-state index contributed by atoms with van der Waals surface area (Å²) in [5.74, 6) is -1.28. The molecule has 0 aliphatic rings. The maximum atomic E-state index is 12.5. The Labute approximate surface area is 169 Å². The van der Waals surface area contributed by atoms with Crippen LogP contribution in [0.2, 0.25) is 5.02 Å². The first-order valence-corrected chi connectivity index (χ1v) is 9.50. The van der Waals surface area contributed by atoms with E-state index in [1.165, 1.54) is 23.5 Å². The lowest BCUT2D eigenvalue weighted by atomic mass is 10.1. The van der Waals surface area contributed by atoms with Crippen LogP contribution in [0.1, 0.15) is 20.7 Å². The highest BCUT2D eigenvalue weighted by Crippen LogP contribution is 2.31. The first-order valence-electron chi connectivity index (χ1n) is 8.31. The second-order valence-electron chi connectivity index (χ2n) is 6.05. The summed E-state index contributed by atoms with van der Waals surface area (Å²) in [4.78, 5) is 28.0. The molecular formula is C21H13ClN2O3S. The number of rotatable bonds is 4. The monoisotopic (exact) mass is 408 g/mol. The van der Waals surface area contributed by atoms with Gasteiger partial charge < -0.3 is 10.4 Å². The van der Waals surface area contributed by atoms with Gasteiger partial charge in [0.15, 0.2) is 0 Å². The minimum atomic E-state index is -1.01. The number of halogens is 1. The molecule has 0 saturated heterocycles. The van der Waals surface area contributed by atoms with Crippen LogP contribution in [0.4, 0.5) is 5.69 Å². The Hall–Kier alpha value is -3.22. The van der Waals surface area contributed by atoms with Gasteiger partial charge in [-0.2, -0.15) is 0 Å². The molecule has 1 heterocycles. The highest BCUT2D eigenvalue weighted by molar-refractivity contribution is 7.21. The summed E-state index contributed by atoms with van der Waals surface area (Å²) in [6.45, 7) is 0. The zero-order valence-corrected chi connectivity index (χ0v) is 15.9. The van der Waals surface area contributed by atoms with Gasteiger partial charge >= 0.3 is 5.97 Å². The molecule has 1 aromatic heterocycles. The zero-order chi connectivity index (χ0) is 19.7. The highest BCUT2D eigenvalue weighted by atomic mass is 35.5. The zero-order valence-electron chi connectivity index (χ0n) is 14.3. The number of carboxylic acid groups (broad SMARTS) is 1. The van der Waals surface area contributed by atoms with Crippen LogP contribution in [0.5, 0.6) is 0 Å². The summed E-state index contributed by atoms with van der Waals surface area (Å²) in [5.41, 5.74) is 2.98. The summed E-state index contributed by atoms with van der Waals surface area (Å²) in [7, 11) is 0. The van der Waals surface area contributed by atoms with E-state index in [1.807, 2.05) is 30.3 Å². The number of anilines is 1. The van der Waals surface area contributed by atoms with E-state index < -0.39 is 5.97 Å². The molecule has 4 rings (SSSR count). The number of thiazole rings is 1. The van der Waals surface area contributed by atoms with E-state index in [2.05, 4.69) is 10.3 Å². The summed E-state index contributed by atoms with van der Waals surface area (Å²) >= 11 is 7.43.